The number of carbonyl (C=O) groups excluding carboxylic acids is 1. The molecule has 0 bridgehead atoms. The van der Waals surface area contributed by atoms with Gasteiger partial charge >= 0.3 is 6.01 Å². The Bertz CT molecular complexity index is 377. The zero-order valence-corrected chi connectivity index (χ0v) is 11.3. The first-order chi connectivity index (χ1) is 8.52. The molecule has 1 aromatic heterocycles. The van der Waals surface area contributed by atoms with Crippen LogP contribution in [0.5, 0.6) is 0 Å². The van der Waals surface area contributed by atoms with Crippen molar-refractivity contribution in [2.75, 3.05) is 18.9 Å². The van der Waals surface area contributed by atoms with Crippen molar-refractivity contribution in [2.24, 2.45) is 5.92 Å². The lowest BCUT2D eigenvalue weighted by atomic mass is 10.2. The van der Waals surface area contributed by atoms with Crippen LogP contribution in [0.25, 0.3) is 0 Å². The molecule has 0 saturated heterocycles. The van der Waals surface area contributed by atoms with Crippen molar-refractivity contribution < 1.29 is 9.21 Å². The molecule has 7 heteroatoms. The van der Waals surface area contributed by atoms with Gasteiger partial charge in [0.05, 0.1) is 6.54 Å². The summed E-state index contributed by atoms with van der Waals surface area (Å²) in [7, 11) is 1.79. The highest BCUT2D eigenvalue weighted by molar-refractivity contribution is 5.83. The number of nitrogens with one attached hydrogen (secondary N) is 3. The summed E-state index contributed by atoms with van der Waals surface area (Å²) >= 11 is 0. The summed E-state index contributed by atoms with van der Waals surface area (Å²) in [5, 5.41) is 16.2. The second-order valence-electron chi connectivity index (χ2n) is 4.54. The first-order valence-corrected chi connectivity index (χ1v) is 6.04. The van der Waals surface area contributed by atoms with Crippen LogP contribution in [0, 0.1) is 5.92 Å². The van der Waals surface area contributed by atoms with Crippen molar-refractivity contribution in [3.8, 4) is 0 Å². The van der Waals surface area contributed by atoms with Crippen molar-refractivity contribution in [3.05, 3.63) is 5.89 Å². The minimum Gasteiger partial charge on any atom is -0.407 e. The molecule has 3 N–H and O–H groups in total. The first-order valence-electron chi connectivity index (χ1n) is 6.04. The van der Waals surface area contributed by atoms with Crippen LogP contribution in [0.3, 0.4) is 0 Å². The molecule has 7 nitrogen and oxygen atoms in total. The average Bonchev–Trinajstić information content (AvgIpc) is 2.73. The lowest BCUT2D eigenvalue weighted by Crippen LogP contribution is -2.39. The van der Waals surface area contributed by atoms with Crippen LogP contribution in [0.15, 0.2) is 4.42 Å². The number of rotatable bonds is 7. The molecule has 0 spiro atoms. The number of aromatic nitrogens is 2. The van der Waals surface area contributed by atoms with Gasteiger partial charge in [0.15, 0.2) is 0 Å². The summed E-state index contributed by atoms with van der Waals surface area (Å²) in [6.07, 6.45) is 0. The van der Waals surface area contributed by atoms with E-state index in [4.69, 9.17) is 4.42 Å². The summed E-state index contributed by atoms with van der Waals surface area (Å²) in [6, 6.07) is -0.154. The van der Waals surface area contributed by atoms with E-state index in [9.17, 15) is 4.79 Å². The Morgan fingerprint density at radius 3 is 2.67 bits per heavy atom. The topological polar surface area (TPSA) is 92.1 Å². The van der Waals surface area contributed by atoms with Crippen molar-refractivity contribution >= 4 is 11.9 Å². The second-order valence-corrected chi connectivity index (χ2v) is 4.54. The van der Waals surface area contributed by atoms with E-state index in [0.29, 0.717) is 24.9 Å². The number of hydrogen-bond acceptors (Lipinski definition) is 6. The normalized spacial score (nSPS) is 12.5. The molecule has 0 aliphatic rings. The Labute approximate surface area is 107 Å². The molecule has 0 aliphatic carbocycles. The van der Waals surface area contributed by atoms with Gasteiger partial charge in [-0.1, -0.05) is 18.9 Å². The van der Waals surface area contributed by atoms with Crippen LogP contribution >= 0.6 is 0 Å². The minimum atomic E-state index is -0.411. The van der Waals surface area contributed by atoms with E-state index in [0.717, 1.165) is 0 Å². The molecule has 0 saturated carbocycles. The molecule has 0 aliphatic heterocycles. The third-order valence-corrected chi connectivity index (χ3v) is 2.21. The Hall–Kier alpha value is -1.63. The summed E-state index contributed by atoms with van der Waals surface area (Å²) in [5.41, 5.74) is 0. The molecular formula is C11H21N5O2. The lowest BCUT2D eigenvalue weighted by Gasteiger charge is -2.13. The number of hydrogen-bond donors (Lipinski definition) is 3. The van der Waals surface area contributed by atoms with E-state index >= 15 is 0 Å². The van der Waals surface area contributed by atoms with Crippen LogP contribution in [0.4, 0.5) is 6.01 Å². The van der Waals surface area contributed by atoms with Crippen LogP contribution in [-0.2, 0) is 11.3 Å². The third kappa shape index (κ3) is 4.70. The molecule has 1 unspecified atom stereocenters. The molecule has 1 atom stereocenters. The highest BCUT2D eigenvalue weighted by atomic mass is 16.4. The van der Waals surface area contributed by atoms with E-state index in [-0.39, 0.29) is 11.9 Å². The van der Waals surface area contributed by atoms with Crippen molar-refractivity contribution in [1.82, 2.24) is 20.8 Å². The van der Waals surface area contributed by atoms with Crippen LogP contribution in [-0.4, -0.2) is 35.7 Å². The highest BCUT2D eigenvalue weighted by Crippen LogP contribution is 2.06. The Morgan fingerprint density at radius 1 is 1.33 bits per heavy atom. The van der Waals surface area contributed by atoms with Crippen molar-refractivity contribution in [1.29, 1.82) is 0 Å². The van der Waals surface area contributed by atoms with E-state index in [1.807, 2.05) is 13.8 Å². The summed E-state index contributed by atoms with van der Waals surface area (Å²) < 4.78 is 5.29. The zero-order valence-electron chi connectivity index (χ0n) is 11.3. The molecule has 102 valence electrons. The standard InChI is InChI=1S/C11H21N5O2/c1-7(2)5-13-10(17)8(3)14-11-16-15-9(18-11)6-12-4/h7-8,12H,5-6H2,1-4H3,(H,13,17)(H,14,16). The van der Waals surface area contributed by atoms with Crippen LogP contribution in [0.1, 0.15) is 26.7 Å². The largest absolute Gasteiger partial charge is 0.407 e. The molecule has 0 fully saturated rings. The molecular weight excluding hydrogens is 234 g/mol. The predicted molar refractivity (Wildman–Crippen MR) is 68.0 cm³/mol. The summed E-state index contributed by atoms with van der Waals surface area (Å²) in [4.78, 5) is 11.7. The molecule has 0 radical (unpaired) electrons. The fourth-order valence-electron chi connectivity index (χ4n) is 1.24. The summed E-state index contributed by atoms with van der Waals surface area (Å²) in [6.45, 7) is 6.99. The van der Waals surface area contributed by atoms with E-state index in [1.165, 1.54) is 0 Å². The van der Waals surface area contributed by atoms with Gasteiger partial charge in [-0.3, -0.25) is 4.79 Å². The molecule has 1 aromatic rings. The monoisotopic (exact) mass is 255 g/mol. The van der Waals surface area contributed by atoms with Gasteiger partial charge < -0.3 is 20.4 Å². The van der Waals surface area contributed by atoms with Crippen molar-refractivity contribution in [3.63, 3.8) is 0 Å². The van der Waals surface area contributed by atoms with E-state index in [1.54, 1.807) is 14.0 Å². The maximum atomic E-state index is 11.7. The first kappa shape index (κ1) is 14.4. The quantitative estimate of drug-likeness (QED) is 0.651. The molecule has 0 aromatic carbocycles. The number of carbonyl (C=O) groups is 1. The second kappa shape index (κ2) is 6.95. The third-order valence-electron chi connectivity index (χ3n) is 2.21. The van der Waals surface area contributed by atoms with Crippen LogP contribution in [0.2, 0.25) is 0 Å². The number of amides is 1. The van der Waals surface area contributed by atoms with Gasteiger partial charge in [-0.2, -0.15) is 0 Å². The number of anilines is 1. The van der Waals surface area contributed by atoms with Crippen molar-refractivity contribution in [2.45, 2.75) is 33.4 Å². The fraction of sp³-hybridized carbons (Fsp3) is 0.727. The van der Waals surface area contributed by atoms with Gasteiger partial charge in [-0.05, 0) is 19.9 Å². The van der Waals surface area contributed by atoms with E-state index in [2.05, 4.69) is 26.1 Å². The van der Waals surface area contributed by atoms with Gasteiger partial charge in [0.2, 0.25) is 11.8 Å². The van der Waals surface area contributed by atoms with E-state index < -0.39 is 6.04 Å². The molecule has 18 heavy (non-hydrogen) atoms. The van der Waals surface area contributed by atoms with Gasteiger partial charge in [0, 0.05) is 6.54 Å². The fourth-order valence-corrected chi connectivity index (χ4v) is 1.24. The molecule has 1 heterocycles. The maximum absolute atomic E-state index is 11.7. The lowest BCUT2D eigenvalue weighted by molar-refractivity contribution is -0.121. The minimum absolute atomic E-state index is 0.0860. The van der Waals surface area contributed by atoms with Gasteiger partial charge in [0.25, 0.3) is 0 Å². The smallest absolute Gasteiger partial charge is 0.316 e. The Kier molecular flexibility index (Phi) is 5.57. The zero-order chi connectivity index (χ0) is 13.5. The highest BCUT2D eigenvalue weighted by Gasteiger charge is 2.15. The van der Waals surface area contributed by atoms with Gasteiger partial charge in [-0.25, -0.2) is 0 Å². The molecule has 1 rings (SSSR count). The number of nitrogens with zero attached hydrogens (tertiary/aromatic N) is 2. The molecule has 1 amide bonds. The Morgan fingerprint density at radius 2 is 2.06 bits per heavy atom. The SMILES string of the molecule is CNCc1nnc(NC(C)C(=O)NCC(C)C)o1. The van der Waals surface area contributed by atoms with Crippen LogP contribution < -0.4 is 16.0 Å². The Balaban J connectivity index is 2.42. The van der Waals surface area contributed by atoms with Gasteiger partial charge in [-0.15, -0.1) is 5.10 Å². The maximum Gasteiger partial charge on any atom is 0.316 e. The average molecular weight is 255 g/mol. The van der Waals surface area contributed by atoms with Gasteiger partial charge in [0.1, 0.15) is 6.04 Å². The predicted octanol–water partition coefficient (Wildman–Crippen LogP) is 0.362. The summed E-state index contributed by atoms with van der Waals surface area (Å²) in [5.74, 6) is 0.818.